The van der Waals surface area contributed by atoms with Gasteiger partial charge in [0.2, 0.25) is 5.91 Å². The molecule has 0 aromatic heterocycles. The van der Waals surface area contributed by atoms with Crippen LogP contribution in [-0.2, 0) is 4.79 Å². The lowest BCUT2D eigenvalue weighted by Crippen LogP contribution is -2.64. The van der Waals surface area contributed by atoms with Gasteiger partial charge in [0.1, 0.15) is 5.75 Å². The number of carbonyl (C=O) groups is 1. The number of benzene rings is 1. The molecule has 1 aromatic rings. The van der Waals surface area contributed by atoms with Crippen LogP contribution in [0.4, 0.5) is 13.2 Å². The number of ether oxygens (including phenoxy) is 1. The number of aliphatic hydroxyl groups is 1. The number of amides is 1. The van der Waals surface area contributed by atoms with Gasteiger partial charge in [-0.15, -0.1) is 13.2 Å². The van der Waals surface area contributed by atoms with E-state index in [1.807, 2.05) is 13.8 Å². The number of halogens is 3. The van der Waals surface area contributed by atoms with E-state index in [1.54, 1.807) is 5.01 Å². The van der Waals surface area contributed by atoms with Crippen molar-refractivity contribution >= 4 is 5.91 Å². The first kappa shape index (κ1) is 17.9. The number of hydrogen-bond acceptors (Lipinski definition) is 6. The number of hydrazine groups is 1. The highest BCUT2D eigenvalue weighted by molar-refractivity contribution is 5.81. The molecule has 25 heavy (non-hydrogen) atoms. The van der Waals surface area contributed by atoms with E-state index in [-0.39, 0.29) is 23.7 Å². The summed E-state index contributed by atoms with van der Waals surface area (Å²) in [5.41, 5.74) is 3.92. The fourth-order valence-electron chi connectivity index (χ4n) is 3.29. The molecule has 4 N–H and O–H groups in total. The Bertz CT molecular complexity index is 640. The van der Waals surface area contributed by atoms with Gasteiger partial charge in [-0.25, -0.2) is 10.4 Å². The minimum absolute atomic E-state index is 0.166. The maximum Gasteiger partial charge on any atom is 0.573 e. The molecule has 2 saturated heterocycles. The molecule has 138 valence electrons. The van der Waals surface area contributed by atoms with Crippen molar-refractivity contribution in [1.29, 1.82) is 0 Å². The highest BCUT2D eigenvalue weighted by Crippen LogP contribution is 2.32. The van der Waals surface area contributed by atoms with Gasteiger partial charge in [-0.05, 0) is 31.5 Å². The molecule has 2 fully saturated rings. The van der Waals surface area contributed by atoms with Crippen molar-refractivity contribution in [2.45, 2.75) is 44.8 Å². The molecule has 2 heterocycles. The van der Waals surface area contributed by atoms with Crippen molar-refractivity contribution in [1.82, 2.24) is 21.1 Å². The van der Waals surface area contributed by atoms with Crippen LogP contribution in [-0.4, -0.2) is 40.9 Å². The zero-order valence-electron chi connectivity index (χ0n) is 13.5. The summed E-state index contributed by atoms with van der Waals surface area (Å²) < 4.78 is 40.6. The van der Waals surface area contributed by atoms with Crippen LogP contribution in [0.3, 0.4) is 0 Å². The van der Waals surface area contributed by atoms with E-state index >= 15 is 0 Å². The zero-order chi connectivity index (χ0) is 18.4. The highest BCUT2D eigenvalue weighted by atomic mass is 19.4. The first-order chi connectivity index (χ1) is 11.7. The van der Waals surface area contributed by atoms with Gasteiger partial charge >= 0.3 is 6.36 Å². The minimum Gasteiger partial charge on any atom is -0.406 e. The Kier molecular flexibility index (Phi) is 4.62. The molecule has 0 saturated carbocycles. The van der Waals surface area contributed by atoms with Gasteiger partial charge in [0.15, 0.2) is 6.35 Å². The average molecular weight is 360 g/mol. The number of fused-ring (bicyclic) bond motifs is 1. The third-order valence-corrected chi connectivity index (χ3v) is 4.45. The zero-order valence-corrected chi connectivity index (χ0v) is 13.5. The maximum atomic E-state index is 12.2. The van der Waals surface area contributed by atoms with Gasteiger partial charge in [0, 0.05) is 12.1 Å². The molecule has 5 unspecified atom stereocenters. The van der Waals surface area contributed by atoms with E-state index in [0.717, 1.165) is 5.56 Å². The summed E-state index contributed by atoms with van der Waals surface area (Å²) in [4.78, 5) is 12.1. The fourth-order valence-corrected chi connectivity index (χ4v) is 3.29. The van der Waals surface area contributed by atoms with Crippen LogP contribution < -0.4 is 20.8 Å². The normalized spacial score (nSPS) is 31.4. The van der Waals surface area contributed by atoms with Gasteiger partial charge in [0.05, 0.1) is 12.1 Å². The Balaban J connectivity index is 1.76. The molecule has 0 bridgehead atoms. The Morgan fingerprint density at radius 3 is 2.52 bits per heavy atom. The Labute approximate surface area is 142 Å². The molecule has 3 rings (SSSR count). The topological polar surface area (TPSA) is 85.9 Å². The monoisotopic (exact) mass is 360 g/mol. The van der Waals surface area contributed by atoms with Gasteiger partial charge in [-0.3, -0.25) is 10.1 Å². The van der Waals surface area contributed by atoms with E-state index in [9.17, 15) is 23.1 Å². The average Bonchev–Trinajstić information content (AvgIpc) is 2.82. The largest absolute Gasteiger partial charge is 0.573 e. The van der Waals surface area contributed by atoms with Crippen LogP contribution in [0.1, 0.15) is 25.5 Å². The van der Waals surface area contributed by atoms with Crippen molar-refractivity contribution in [2.24, 2.45) is 5.92 Å². The molecule has 10 heteroatoms. The molecule has 1 aromatic carbocycles. The van der Waals surface area contributed by atoms with Crippen molar-refractivity contribution < 1.29 is 27.8 Å². The molecule has 2 aliphatic heterocycles. The third-order valence-electron chi connectivity index (χ3n) is 4.45. The summed E-state index contributed by atoms with van der Waals surface area (Å²) in [6, 6.07) is 5.12. The molecule has 7 nitrogen and oxygen atoms in total. The second kappa shape index (κ2) is 6.45. The smallest absolute Gasteiger partial charge is 0.406 e. The number of nitrogens with zero attached hydrogens (tertiary/aromatic N) is 1. The fraction of sp³-hybridized carbons (Fsp3) is 0.533. The van der Waals surface area contributed by atoms with Gasteiger partial charge in [0.25, 0.3) is 0 Å². The number of nitrogens with one attached hydrogen (secondary N) is 3. The van der Waals surface area contributed by atoms with Crippen LogP contribution in [0, 0.1) is 5.92 Å². The summed E-state index contributed by atoms with van der Waals surface area (Å²) in [7, 11) is 0. The molecule has 2 aliphatic rings. The SMILES string of the molecule is CC1NN(C(C)c2ccc(OC(F)(F)F)cc2)C2NC(O)NC(=O)C12. The number of rotatable bonds is 3. The van der Waals surface area contributed by atoms with Gasteiger partial charge in [-0.2, -0.15) is 0 Å². The van der Waals surface area contributed by atoms with E-state index in [4.69, 9.17) is 0 Å². The number of alkyl halides is 3. The number of aliphatic hydroxyl groups excluding tert-OH is 1. The molecule has 0 radical (unpaired) electrons. The summed E-state index contributed by atoms with van der Waals surface area (Å²) in [5, 5.41) is 16.8. The first-order valence-electron chi connectivity index (χ1n) is 7.80. The van der Waals surface area contributed by atoms with E-state index in [2.05, 4.69) is 20.8 Å². The summed E-state index contributed by atoms with van der Waals surface area (Å²) in [5.74, 6) is -0.965. The summed E-state index contributed by atoms with van der Waals surface area (Å²) in [6.45, 7) is 3.70. The molecular weight excluding hydrogens is 341 g/mol. The van der Waals surface area contributed by atoms with Gasteiger partial charge in [-0.1, -0.05) is 12.1 Å². The van der Waals surface area contributed by atoms with E-state index in [1.165, 1.54) is 24.3 Å². The lowest BCUT2D eigenvalue weighted by atomic mass is 9.96. The van der Waals surface area contributed by atoms with Crippen molar-refractivity contribution in [2.75, 3.05) is 0 Å². The quantitative estimate of drug-likeness (QED) is 0.638. The summed E-state index contributed by atoms with van der Waals surface area (Å²) in [6.07, 6.45) is -6.33. The van der Waals surface area contributed by atoms with Crippen molar-refractivity contribution in [3.05, 3.63) is 29.8 Å². The van der Waals surface area contributed by atoms with Crippen LogP contribution in [0.5, 0.6) is 5.75 Å². The number of hydrogen-bond donors (Lipinski definition) is 4. The summed E-state index contributed by atoms with van der Waals surface area (Å²) >= 11 is 0. The van der Waals surface area contributed by atoms with Crippen LogP contribution in [0.2, 0.25) is 0 Å². The first-order valence-corrected chi connectivity index (χ1v) is 7.80. The molecule has 0 aliphatic carbocycles. The lowest BCUT2D eigenvalue weighted by Gasteiger charge is -2.37. The standard InChI is InChI=1S/C15H19F3N4O3/c1-7-11-12(19-14(24)20-13(11)23)22(21-7)8(2)9-3-5-10(6-4-9)25-15(16,17)18/h3-8,11-12,14,19,21,24H,1-2H3,(H,20,23). The second-order valence-corrected chi connectivity index (χ2v) is 6.17. The Hall–Kier alpha value is -1.88. The predicted molar refractivity (Wildman–Crippen MR) is 80.5 cm³/mol. The lowest BCUT2D eigenvalue weighted by molar-refractivity contribution is -0.274. The van der Waals surface area contributed by atoms with Crippen LogP contribution >= 0.6 is 0 Å². The Morgan fingerprint density at radius 1 is 1.28 bits per heavy atom. The maximum absolute atomic E-state index is 12.2. The van der Waals surface area contributed by atoms with Crippen molar-refractivity contribution in [3.8, 4) is 5.75 Å². The predicted octanol–water partition coefficient (Wildman–Crippen LogP) is 0.792. The third kappa shape index (κ3) is 3.71. The molecular formula is C15H19F3N4O3. The molecule has 1 amide bonds. The minimum atomic E-state index is -4.73. The Morgan fingerprint density at radius 2 is 1.92 bits per heavy atom. The van der Waals surface area contributed by atoms with Gasteiger partial charge < -0.3 is 15.2 Å². The van der Waals surface area contributed by atoms with Crippen molar-refractivity contribution in [3.63, 3.8) is 0 Å². The molecule has 5 atom stereocenters. The van der Waals surface area contributed by atoms with E-state index in [0.29, 0.717) is 0 Å². The molecule has 0 spiro atoms. The van der Waals surface area contributed by atoms with Crippen LogP contribution in [0.15, 0.2) is 24.3 Å². The van der Waals surface area contributed by atoms with E-state index < -0.39 is 24.8 Å². The second-order valence-electron chi connectivity index (χ2n) is 6.17. The van der Waals surface area contributed by atoms with Crippen LogP contribution in [0.25, 0.3) is 0 Å². The number of carbonyl (C=O) groups excluding carboxylic acids is 1. The highest BCUT2D eigenvalue weighted by Gasteiger charge is 2.49.